The van der Waals surface area contributed by atoms with Crippen molar-refractivity contribution in [1.29, 1.82) is 0 Å². The molecule has 1 aliphatic rings. The standard InChI is InChI=1S/C21H26N2O3S.ClH/c1-27(25,26)22-20-9-7-18(8-10-20)21(24)19-12-15-23(16-13-19)14-11-17-5-3-2-4-6-17;/h2-10,19,22H,11-16H2,1H3;1H. The summed E-state index contributed by atoms with van der Waals surface area (Å²) in [5, 5.41) is 0. The third-order valence-corrected chi connectivity index (χ3v) is 5.60. The summed E-state index contributed by atoms with van der Waals surface area (Å²) in [5.41, 5.74) is 2.47. The highest BCUT2D eigenvalue weighted by Gasteiger charge is 2.25. The lowest BCUT2D eigenvalue weighted by Gasteiger charge is -2.31. The molecule has 0 atom stereocenters. The van der Waals surface area contributed by atoms with Crippen LogP contribution in [0.4, 0.5) is 5.69 Å². The lowest BCUT2D eigenvalue weighted by Crippen LogP contribution is -2.37. The molecule has 1 N–H and O–H groups in total. The van der Waals surface area contributed by atoms with Crippen LogP contribution in [0.2, 0.25) is 0 Å². The van der Waals surface area contributed by atoms with Crippen LogP contribution < -0.4 is 4.72 Å². The summed E-state index contributed by atoms with van der Waals surface area (Å²) < 4.78 is 24.9. The third-order valence-electron chi connectivity index (χ3n) is 4.99. The smallest absolute Gasteiger partial charge is 0.229 e. The van der Waals surface area contributed by atoms with Gasteiger partial charge in [-0.3, -0.25) is 9.52 Å². The molecule has 0 saturated carbocycles. The number of benzene rings is 2. The predicted molar refractivity (Wildman–Crippen MR) is 116 cm³/mol. The number of likely N-dealkylation sites (tertiary alicyclic amines) is 1. The van der Waals surface area contributed by atoms with Gasteiger partial charge in [-0.25, -0.2) is 8.42 Å². The van der Waals surface area contributed by atoms with Crippen molar-refractivity contribution < 1.29 is 13.2 Å². The first-order valence-electron chi connectivity index (χ1n) is 9.29. The molecule has 1 saturated heterocycles. The maximum absolute atomic E-state index is 12.7. The Kier molecular flexibility index (Phi) is 8.04. The molecule has 0 aliphatic carbocycles. The van der Waals surface area contributed by atoms with Gasteiger partial charge in [0.1, 0.15) is 0 Å². The van der Waals surface area contributed by atoms with Crippen LogP contribution in [0.1, 0.15) is 28.8 Å². The second-order valence-corrected chi connectivity index (χ2v) is 8.92. The van der Waals surface area contributed by atoms with Gasteiger partial charge in [0.25, 0.3) is 0 Å². The van der Waals surface area contributed by atoms with E-state index in [0.29, 0.717) is 11.3 Å². The predicted octanol–water partition coefficient (Wildman–Crippen LogP) is 3.62. The maximum Gasteiger partial charge on any atom is 0.229 e. The molecule has 0 amide bonds. The average Bonchev–Trinajstić information content (AvgIpc) is 2.66. The van der Waals surface area contributed by atoms with Gasteiger partial charge in [-0.1, -0.05) is 30.3 Å². The van der Waals surface area contributed by atoms with Crippen LogP contribution in [0.15, 0.2) is 54.6 Å². The van der Waals surface area contributed by atoms with Crippen LogP contribution in [0, 0.1) is 5.92 Å². The van der Waals surface area contributed by atoms with Gasteiger partial charge in [-0.05, 0) is 62.2 Å². The van der Waals surface area contributed by atoms with E-state index in [-0.39, 0.29) is 24.1 Å². The van der Waals surface area contributed by atoms with E-state index in [4.69, 9.17) is 0 Å². The Morgan fingerprint density at radius 2 is 1.64 bits per heavy atom. The normalized spacial score (nSPS) is 15.6. The zero-order valence-corrected chi connectivity index (χ0v) is 17.6. The number of ketones is 1. The van der Waals surface area contributed by atoms with E-state index >= 15 is 0 Å². The molecule has 7 heteroatoms. The van der Waals surface area contributed by atoms with Gasteiger partial charge in [0.15, 0.2) is 5.78 Å². The number of nitrogens with zero attached hydrogens (tertiary/aromatic N) is 1. The van der Waals surface area contributed by atoms with Gasteiger partial charge >= 0.3 is 0 Å². The van der Waals surface area contributed by atoms with Crippen LogP contribution >= 0.6 is 12.4 Å². The average molecular weight is 423 g/mol. The monoisotopic (exact) mass is 422 g/mol. The molecule has 2 aromatic rings. The van der Waals surface area contributed by atoms with Crippen LogP contribution in [-0.2, 0) is 16.4 Å². The van der Waals surface area contributed by atoms with E-state index in [0.717, 1.165) is 45.2 Å². The van der Waals surface area contributed by atoms with Crippen molar-refractivity contribution in [2.45, 2.75) is 19.3 Å². The Hall–Kier alpha value is -1.89. The number of halogens is 1. The molecule has 152 valence electrons. The van der Waals surface area contributed by atoms with Crippen molar-refractivity contribution in [3.8, 4) is 0 Å². The van der Waals surface area contributed by atoms with Crippen LogP contribution in [0.5, 0.6) is 0 Å². The first-order valence-corrected chi connectivity index (χ1v) is 11.2. The van der Waals surface area contributed by atoms with E-state index in [2.05, 4.69) is 33.9 Å². The van der Waals surface area contributed by atoms with Crippen molar-refractivity contribution >= 4 is 33.9 Å². The number of anilines is 1. The molecule has 0 bridgehead atoms. The van der Waals surface area contributed by atoms with E-state index in [1.807, 2.05) is 6.07 Å². The Bertz CT molecular complexity index is 862. The molecule has 0 spiro atoms. The Labute approximate surface area is 173 Å². The van der Waals surface area contributed by atoms with Crippen LogP contribution in [0.3, 0.4) is 0 Å². The number of hydrogen-bond acceptors (Lipinski definition) is 4. The molecule has 1 fully saturated rings. The minimum absolute atomic E-state index is 0. The highest BCUT2D eigenvalue weighted by molar-refractivity contribution is 7.92. The summed E-state index contributed by atoms with van der Waals surface area (Å²) in [5.74, 6) is 0.204. The molecule has 28 heavy (non-hydrogen) atoms. The Morgan fingerprint density at radius 1 is 1.04 bits per heavy atom. The van der Waals surface area contributed by atoms with Crippen LogP contribution in [0.25, 0.3) is 0 Å². The summed E-state index contributed by atoms with van der Waals surface area (Å²) in [6.07, 6.45) is 3.89. The van der Waals surface area contributed by atoms with E-state index in [1.54, 1.807) is 24.3 Å². The first kappa shape index (κ1) is 22.4. The third kappa shape index (κ3) is 6.62. The maximum atomic E-state index is 12.7. The topological polar surface area (TPSA) is 66.5 Å². The number of carbonyl (C=O) groups is 1. The van der Waals surface area contributed by atoms with Gasteiger partial charge in [-0.2, -0.15) is 0 Å². The number of sulfonamides is 1. The Balaban J connectivity index is 0.00000280. The summed E-state index contributed by atoms with van der Waals surface area (Å²) in [6, 6.07) is 17.2. The fraction of sp³-hybridized carbons (Fsp3) is 0.381. The molecular weight excluding hydrogens is 396 g/mol. The number of nitrogens with one attached hydrogen (secondary N) is 1. The zero-order chi connectivity index (χ0) is 19.3. The van der Waals surface area contributed by atoms with E-state index < -0.39 is 10.0 Å². The minimum Gasteiger partial charge on any atom is -0.303 e. The molecule has 0 unspecified atom stereocenters. The summed E-state index contributed by atoms with van der Waals surface area (Å²) in [6.45, 7) is 2.91. The minimum atomic E-state index is -3.30. The van der Waals surface area contributed by atoms with Crippen molar-refractivity contribution in [1.82, 2.24) is 4.90 Å². The summed E-state index contributed by atoms with van der Waals surface area (Å²) in [7, 11) is -3.30. The second-order valence-electron chi connectivity index (χ2n) is 7.17. The van der Waals surface area contributed by atoms with Gasteiger partial charge in [-0.15, -0.1) is 12.4 Å². The van der Waals surface area contributed by atoms with Gasteiger partial charge < -0.3 is 4.90 Å². The first-order chi connectivity index (χ1) is 12.9. The van der Waals surface area contributed by atoms with E-state index in [1.165, 1.54) is 5.56 Å². The van der Waals surface area contributed by atoms with Crippen molar-refractivity contribution in [3.05, 3.63) is 65.7 Å². The van der Waals surface area contributed by atoms with Crippen molar-refractivity contribution in [2.75, 3.05) is 30.6 Å². The van der Waals surface area contributed by atoms with Crippen molar-refractivity contribution in [3.63, 3.8) is 0 Å². The second kappa shape index (κ2) is 10.0. The highest BCUT2D eigenvalue weighted by Crippen LogP contribution is 2.23. The number of piperidine rings is 1. The number of hydrogen-bond donors (Lipinski definition) is 1. The highest BCUT2D eigenvalue weighted by atomic mass is 35.5. The molecule has 5 nitrogen and oxygen atoms in total. The fourth-order valence-electron chi connectivity index (χ4n) is 3.50. The molecule has 0 radical (unpaired) electrons. The molecule has 2 aromatic carbocycles. The SMILES string of the molecule is CS(=O)(=O)Nc1ccc(C(=O)C2CCN(CCc3ccccc3)CC2)cc1.Cl. The number of rotatable bonds is 7. The lowest BCUT2D eigenvalue weighted by atomic mass is 9.88. The Morgan fingerprint density at radius 3 is 2.21 bits per heavy atom. The quantitative estimate of drug-likeness (QED) is 0.692. The van der Waals surface area contributed by atoms with Gasteiger partial charge in [0.2, 0.25) is 10.0 Å². The van der Waals surface area contributed by atoms with Gasteiger partial charge in [0.05, 0.1) is 6.26 Å². The van der Waals surface area contributed by atoms with Crippen LogP contribution in [-0.4, -0.2) is 45.0 Å². The zero-order valence-electron chi connectivity index (χ0n) is 16.0. The number of carbonyl (C=O) groups excluding carboxylic acids is 1. The lowest BCUT2D eigenvalue weighted by molar-refractivity contribution is 0.0841. The molecule has 1 heterocycles. The molecular formula is C21H27ClN2O3S. The van der Waals surface area contributed by atoms with Crippen molar-refractivity contribution in [2.24, 2.45) is 5.92 Å². The molecule has 3 rings (SSSR count). The molecule has 1 aliphatic heterocycles. The largest absolute Gasteiger partial charge is 0.303 e. The van der Waals surface area contributed by atoms with Gasteiger partial charge in [0, 0.05) is 23.7 Å². The number of Topliss-reactive ketones (excluding diaryl/α,β-unsaturated/α-hetero) is 1. The van der Waals surface area contributed by atoms with E-state index in [9.17, 15) is 13.2 Å². The summed E-state index contributed by atoms with van der Waals surface area (Å²) >= 11 is 0. The fourth-order valence-corrected chi connectivity index (χ4v) is 4.07. The summed E-state index contributed by atoms with van der Waals surface area (Å²) in [4.78, 5) is 15.2. The molecule has 0 aromatic heterocycles.